The van der Waals surface area contributed by atoms with Crippen LogP contribution in [0.4, 0.5) is 0 Å². The van der Waals surface area contributed by atoms with E-state index in [1.165, 1.54) is 46.2 Å². The molecule has 232 valence electrons. The molecule has 2 aliphatic carbocycles. The Labute approximate surface area is 292 Å². The van der Waals surface area contributed by atoms with Gasteiger partial charge in [0.25, 0.3) is 0 Å². The molecule has 0 aliphatic heterocycles. The summed E-state index contributed by atoms with van der Waals surface area (Å²) in [5.74, 6) is 0. The molecular weight excluding hydrogens is 667 g/mol. The molecule has 0 unspecified atom stereocenters. The maximum atomic E-state index is 2.64. The molecule has 45 heavy (non-hydrogen) atoms. The molecule has 0 amide bonds. The van der Waals surface area contributed by atoms with Crippen molar-refractivity contribution < 1.29 is 46.1 Å². The van der Waals surface area contributed by atoms with Gasteiger partial charge in [0.05, 0.1) is 0 Å². The molecule has 0 spiro atoms. The molecule has 0 fully saturated rings. The Morgan fingerprint density at radius 2 is 1.13 bits per heavy atom. The summed E-state index contributed by atoms with van der Waals surface area (Å²) in [4.78, 5) is 0. The maximum Gasteiger partial charge on any atom is -1.00 e. The predicted molar refractivity (Wildman–Crippen MR) is 183 cm³/mol. The van der Waals surface area contributed by atoms with Gasteiger partial charge in [-0.25, -0.2) is 0 Å². The Morgan fingerprint density at radius 3 is 1.56 bits per heavy atom. The average Bonchev–Trinajstić information content (AvgIpc) is 3.58. The summed E-state index contributed by atoms with van der Waals surface area (Å²) in [7, 11) is 0. The van der Waals surface area contributed by atoms with Gasteiger partial charge < -0.3 is 24.8 Å². The van der Waals surface area contributed by atoms with Gasteiger partial charge in [-0.1, -0.05) is 0 Å². The molecule has 2 aliphatic rings. The molecule has 0 radical (unpaired) electrons. The number of halogens is 2. The van der Waals surface area contributed by atoms with Crippen LogP contribution < -0.4 is 24.8 Å². The number of fused-ring (bicyclic) bond motifs is 3. The fourth-order valence-electron chi connectivity index (χ4n) is 6.92. The third kappa shape index (κ3) is 7.17. The molecule has 0 atom stereocenters. The second-order valence-corrected chi connectivity index (χ2v) is 20.7. The summed E-state index contributed by atoms with van der Waals surface area (Å²) in [6.45, 7) is 16.4. The number of rotatable bonds is 6. The Morgan fingerprint density at radius 1 is 0.667 bits per heavy atom. The number of benzene rings is 4. The van der Waals surface area contributed by atoms with E-state index in [0.29, 0.717) is 3.63 Å². The van der Waals surface area contributed by atoms with Crippen molar-refractivity contribution in [2.45, 2.75) is 82.2 Å². The smallest absolute Gasteiger partial charge is 1.00 e. The summed E-state index contributed by atoms with van der Waals surface area (Å²) in [6, 6.07) is 37.6. The van der Waals surface area contributed by atoms with E-state index in [1.807, 2.05) is 0 Å². The van der Waals surface area contributed by atoms with E-state index in [2.05, 4.69) is 158 Å². The molecule has 0 saturated carbocycles. The SMILES string of the molecule is CCCC1=CC[C]([Zr+2](=[C](c2ccccc2)c2ccccc2)[CH]2c3cc(C(C)(C)C)ccc3-c3ccc(C(C)(C)C)cc32)=C1.[Cl-].[Cl-]. The Hall–Kier alpha value is -2.31. The van der Waals surface area contributed by atoms with Gasteiger partial charge in [-0.15, -0.1) is 0 Å². The largest absolute Gasteiger partial charge is 1.00 e. The third-order valence-electron chi connectivity index (χ3n) is 9.26. The molecule has 0 bridgehead atoms. The fraction of sp³-hybridized carbons (Fsp3) is 0.310. The molecule has 3 heteroatoms. The molecule has 4 aromatic rings. The van der Waals surface area contributed by atoms with Crippen LogP contribution in [0.1, 0.15) is 105 Å². The maximum absolute atomic E-state index is 2.73. The molecule has 6 rings (SSSR count). The summed E-state index contributed by atoms with van der Waals surface area (Å²) >= 11 is -2.73. The van der Waals surface area contributed by atoms with E-state index < -0.39 is 21.3 Å². The van der Waals surface area contributed by atoms with E-state index in [-0.39, 0.29) is 35.6 Å². The molecule has 0 N–H and O–H groups in total. The van der Waals surface area contributed by atoms with Crippen LogP contribution in [0.5, 0.6) is 0 Å². The second kappa shape index (κ2) is 14.2. The second-order valence-electron chi connectivity index (χ2n) is 14.5. The van der Waals surface area contributed by atoms with Gasteiger partial charge in [0.2, 0.25) is 0 Å². The minimum Gasteiger partial charge on any atom is -1.00 e. The zero-order chi connectivity index (χ0) is 30.4. The van der Waals surface area contributed by atoms with Gasteiger partial charge in [-0.05, 0) is 0 Å². The van der Waals surface area contributed by atoms with Crippen molar-refractivity contribution in [2.24, 2.45) is 0 Å². The van der Waals surface area contributed by atoms with Gasteiger partial charge in [0, 0.05) is 0 Å². The first-order chi connectivity index (χ1) is 20.6. The summed E-state index contributed by atoms with van der Waals surface area (Å²) in [6.07, 6.45) is 8.66. The van der Waals surface area contributed by atoms with Crippen molar-refractivity contribution in [3.63, 3.8) is 0 Å². The molecular formula is C42H46Cl2Zr. The van der Waals surface area contributed by atoms with Gasteiger partial charge in [-0.2, -0.15) is 0 Å². The van der Waals surface area contributed by atoms with Crippen LogP contribution in [0.15, 0.2) is 118 Å². The topological polar surface area (TPSA) is 0 Å². The van der Waals surface area contributed by atoms with Crippen molar-refractivity contribution >= 4 is 3.21 Å². The molecule has 0 nitrogen and oxygen atoms in total. The van der Waals surface area contributed by atoms with Crippen molar-refractivity contribution in [1.82, 2.24) is 0 Å². The van der Waals surface area contributed by atoms with Crippen LogP contribution in [0.2, 0.25) is 0 Å². The first kappa shape index (κ1) is 35.5. The van der Waals surface area contributed by atoms with Crippen molar-refractivity contribution in [2.75, 3.05) is 0 Å². The van der Waals surface area contributed by atoms with Crippen LogP contribution in [-0.2, 0) is 32.1 Å². The monoisotopic (exact) mass is 710 g/mol. The Bertz CT molecular complexity index is 1640. The van der Waals surface area contributed by atoms with Gasteiger partial charge >= 0.3 is 269 Å². The van der Waals surface area contributed by atoms with Crippen LogP contribution in [0.3, 0.4) is 0 Å². The van der Waals surface area contributed by atoms with Crippen molar-refractivity contribution in [3.05, 3.63) is 151 Å². The number of hydrogen-bond donors (Lipinski definition) is 0. The zero-order valence-corrected chi connectivity index (χ0v) is 31.8. The van der Waals surface area contributed by atoms with Crippen LogP contribution in [0, 0.1) is 0 Å². The normalized spacial score (nSPS) is 13.8. The number of allylic oxidation sites excluding steroid dienone is 4. The predicted octanol–water partition coefficient (Wildman–Crippen LogP) is 5.26. The minimum atomic E-state index is -2.73. The Balaban J connectivity index is 0.00000230. The van der Waals surface area contributed by atoms with Crippen LogP contribution in [-0.4, -0.2) is 3.21 Å². The van der Waals surface area contributed by atoms with Gasteiger partial charge in [0.15, 0.2) is 0 Å². The van der Waals surface area contributed by atoms with E-state index in [0.717, 1.165) is 6.42 Å². The zero-order valence-electron chi connectivity index (χ0n) is 27.8. The third-order valence-corrected chi connectivity index (χ3v) is 17.5. The van der Waals surface area contributed by atoms with Gasteiger partial charge in [-0.3, -0.25) is 0 Å². The first-order valence-electron chi connectivity index (χ1n) is 16.1. The standard InChI is InChI=1S/C21H25.C13H10.C8H11.2ClH.Zr/c1-20(2,3)16-7-9-18-14(12-16)11-15-13-17(21(4,5)6)8-10-19(15)18;1-3-7-12(8-4-1)11-13-9-5-2-6-10-13;1-2-5-8-6-3-4-7-8;;;/h7-13H,1-6H3;1-10H;6-7H,2-3,5H2,1H3;2*1H;/q;;;;;+2/p-2. The number of hydrogen-bond acceptors (Lipinski definition) is 0. The van der Waals surface area contributed by atoms with Gasteiger partial charge in [0.1, 0.15) is 0 Å². The average molecular weight is 713 g/mol. The molecule has 0 aromatic heterocycles. The van der Waals surface area contributed by atoms with Crippen LogP contribution >= 0.6 is 0 Å². The van der Waals surface area contributed by atoms with E-state index in [4.69, 9.17) is 0 Å². The van der Waals surface area contributed by atoms with Crippen molar-refractivity contribution in [1.29, 1.82) is 0 Å². The van der Waals surface area contributed by atoms with Crippen molar-refractivity contribution in [3.8, 4) is 11.1 Å². The fourth-order valence-corrected chi connectivity index (χ4v) is 16.0. The van der Waals surface area contributed by atoms with E-state index in [9.17, 15) is 0 Å². The van der Waals surface area contributed by atoms with E-state index >= 15 is 0 Å². The summed E-state index contributed by atoms with van der Waals surface area (Å²) < 4.78 is 3.79. The first-order valence-corrected chi connectivity index (χ1v) is 20.0. The summed E-state index contributed by atoms with van der Waals surface area (Å²) in [5, 5.41) is 0. The molecule has 0 heterocycles. The quantitative estimate of drug-likeness (QED) is 0.256. The summed E-state index contributed by atoms with van der Waals surface area (Å²) in [5.41, 5.74) is 13.5. The minimum absolute atomic E-state index is 0. The Kier molecular flexibility index (Phi) is 11.2. The molecule has 0 saturated heterocycles. The molecule has 4 aromatic carbocycles. The van der Waals surface area contributed by atoms with E-state index in [1.54, 1.807) is 23.2 Å². The van der Waals surface area contributed by atoms with Crippen LogP contribution in [0.25, 0.3) is 11.1 Å².